The Labute approximate surface area is 188 Å². The van der Waals surface area contributed by atoms with Crippen LogP contribution in [0.1, 0.15) is 16.7 Å². The summed E-state index contributed by atoms with van der Waals surface area (Å²) in [4.78, 5) is 2.02. The van der Waals surface area contributed by atoms with Crippen LogP contribution in [0.5, 0.6) is 0 Å². The van der Waals surface area contributed by atoms with Crippen molar-refractivity contribution in [3.05, 3.63) is 89.7 Å². The molecule has 156 valence electrons. The smallest absolute Gasteiger partial charge is 0.488 e. The van der Waals surface area contributed by atoms with Gasteiger partial charge in [-0.2, -0.15) is 0 Å². The average Bonchev–Trinajstić information content (AvgIpc) is 2.74. The first-order valence-electron chi connectivity index (χ1n) is 9.59. The van der Waals surface area contributed by atoms with E-state index in [0.29, 0.717) is 18.6 Å². The third-order valence-electron chi connectivity index (χ3n) is 4.80. The highest BCUT2D eigenvalue weighted by Crippen LogP contribution is 2.15. The predicted octanol–water partition coefficient (Wildman–Crippen LogP) is -1.69. The fourth-order valence-corrected chi connectivity index (χ4v) is 3.00. The van der Waals surface area contributed by atoms with Gasteiger partial charge in [-0.15, -0.1) is 0 Å². The molecule has 3 rings (SSSR count). The molecule has 1 heterocycles. The zero-order valence-electron chi connectivity index (χ0n) is 16.9. The zero-order valence-corrected chi connectivity index (χ0v) is 18.5. The fourth-order valence-electron chi connectivity index (χ4n) is 3.00. The summed E-state index contributed by atoms with van der Waals surface area (Å²) in [7, 11) is 0.533. The first kappa shape index (κ1) is 23.8. The van der Waals surface area contributed by atoms with Crippen LogP contribution >= 0.6 is 0 Å². The van der Waals surface area contributed by atoms with E-state index in [1.165, 1.54) is 0 Å². The van der Waals surface area contributed by atoms with Gasteiger partial charge >= 0.3 is 7.12 Å². The van der Waals surface area contributed by atoms with E-state index in [2.05, 4.69) is 53.1 Å². The highest BCUT2D eigenvalue weighted by molar-refractivity contribution is 6.58. The van der Waals surface area contributed by atoms with Crippen molar-refractivity contribution < 1.29 is 36.7 Å². The summed E-state index contributed by atoms with van der Waals surface area (Å²) in [6, 6.07) is 19.6. The van der Waals surface area contributed by atoms with Gasteiger partial charge in [0.05, 0.1) is 6.61 Å². The number of rotatable bonds is 8. The maximum absolute atomic E-state index is 9.16. The van der Waals surface area contributed by atoms with E-state index in [1.54, 1.807) is 12.1 Å². The van der Waals surface area contributed by atoms with Gasteiger partial charge < -0.3 is 37.0 Å². The van der Waals surface area contributed by atoms with E-state index >= 15 is 0 Å². The summed E-state index contributed by atoms with van der Waals surface area (Å²) in [5.41, 5.74) is 4.90. The highest BCUT2D eigenvalue weighted by atomic mass is 79.9. The molecule has 3 N–H and O–H groups in total. The molecule has 0 aliphatic carbocycles. The van der Waals surface area contributed by atoms with E-state index in [-0.39, 0.29) is 23.6 Å². The van der Waals surface area contributed by atoms with Gasteiger partial charge in [-0.3, -0.25) is 0 Å². The van der Waals surface area contributed by atoms with Gasteiger partial charge in [-0.1, -0.05) is 48.6 Å². The van der Waals surface area contributed by atoms with Crippen molar-refractivity contribution in [2.24, 2.45) is 0 Å². The summed E-state index contributed by atoms with van der Waals surface area (Å²) in [6.45, 7) is 1.48. The Kier molecular flexibility index (Phi) is 9.27. The number of likely N-dealkylation sites (N-methyl/N-ethyl adjacent to an activating group) is 1. The van der Waals surface area contributed by atoms with Crippen LogP contribution in [-0.4, -0.2) is 42.5 Å². The van der Waals surface area contributed by atoms with Crippen molar-refractivity contribution in [1.82, 2.24) is 0 Å². The van der Waals surface area contributed by atoms with Crippen LogP contribution in [0.3, 0.4) is 0 Å². The Bertz CT molecular complexity index is 930. The lowest BCUT2D eigenvalue weighted by Gasteiger charge is -2.17. The van der Waals surface area contributed by atoms with Crippen molar-refractivity contribution in [3.8, 4) is 0 Å². The number of anilines is 1. The van der Waals surface area contributed by atoms with Crippen molar-refractivity contribution >= 4 is 30.4 Å². The summed E-state index contributed by atoms with van der Waals surface area (Å²) < 4.78 is 2.08. The SMILES string of the molecule is CN(CCO)c1ccc(C=Cc2cc[n+](Cc3ccc(B(O)O)cc3)cc2)cc1.[Br-]. The van der Waals surface area contributed by atoms with E-state index in [9.17, 15) is 0 Å². The van der Waals surface area contributed by atoms with Crippen LogP contribution in [0.2, 0.25) is 0 Å². The van der Waals surface area contributed by atoms with Gasteiger partial charge in [0.1, 0.15) is 0 Å². The molecule has 3 aromatic rings. The molecule has 0 unspecified atom stereocenters. The molecule has 0 aliphatic rings. The van der Waals surface area contributed by atoms with E-state index in [1.807, 2.05) is 36.5 Å². The van der Waals surface area contributed by atoms with E-state index < -0.39 is 7.12 Å². The quantitative estimate of drug-likeness (QED) is 0.272. The third kappa shape index (κ3) is 6.81. The molecule has 5 nitrogen and oxygen atoms in total. The lowest BCUT2D eigenvalue weighted by atomic mass is 9.80. The van der Waals surface area contributed by atoms with Crippen molar-refractivity contribution in [1.29, 1.82) is 0 Å². The van der Waals surface area contributed by atoms with Gasteiger partial charge in [-0.25, -0.2) is 4.57 Å². The number of aliphatic hydroxyl groups excluding tert-OH is 1. The summed E-state index contributed by atoms with van der Waals surface area (Å²) in [6.07, 6.45) is 8.21. The maximum Gasteiger partial charge on any atom is 0.488 e. The van der Waals surface area contributed by atoms with Crippen molar-refractivity contribution in [2.75, 3.05) is 25.1 Å². The number of nitrogens with zero attached hydrogens (tertiary/aromatic N) is 2. The van der Waals surface area contributed by atoms with Crippen LogP contribution < -0.4 is 31.9 Å². The highest BCUT2D eigenvalue weighted by Gasteiger charge is 2.10. The summed E-state index contributed by atoms with van der Waals surface area (Å²) in [5, 5.41) is 27.3. The Morgan fingerprint density at radius 1 is 0.867 bits per heavy atom. The molecule has 30 heavy (non-hydrogen) atoms. The number of pyridine rings is 1. The lowest BCUT2D eigenvalue weighted by Crippen LogP contribution is -3.00. The first-order valence-corrected chi connectivity index (χ1v) is 9.59. The normalized spacial score (nSPS) is 10.7. The Balaban J connectivity index is 0.00000320. The molecule has 2 aromatic carbocycles. The lowest BCUT2D eigenvalue weighted by molar-refractivity contribution is -0.688. The number of hydrogen-bond donors (Lipinski definition) is 3. The molecule has 0 aliphatic heterocycles. The van der Waals surface area contributed by atoms with Crippen LogP contribution in [-0.2, 0) is 6.54 Å². The monoisotopic (exact) mass is 468 g/mol. The van der Waals surface area contributed by atoms with Crippen LogP contribution in [0, 0.1) is 0 Å². The number of hydrogen-bond acceptors (Lipinski definition) is 4. The number of aliphatic hydroxyl groups is 1. The largest absolute Gasteiger partial charge is 1.00 e. The number of aromatic nitrogens is 1. The molecule has 0 atom stereocenters. The average molecular weight is 469 g/mol. The minimum atomic E-state index is -1.43. The molecule has 1 aromatic heterocycles. The fraction of sp³-hybridized carbons (Fsp3) is 0.174. The maximum atomic E-state index is 9.16. The van der Waals surface area contributed by atoms with Crippen LogP contribution in [0.15, 0.2) is 73.1 Å². The van der Waals surface area contributed by atoms with Crippen molar-refractivity contribution in [2.45, 2.75) is 6.54 Å². The molecule has 0 amide bonds. The van der Waals surface area contributed by atoms with Gasteiger partial charge in [0.25, 0.3) is 0 Å². The predicted molar refractivity (Wildman–Crippen MR) is 118 cm³/mol. The third-order valence-corrected chi connectivity index (χ3v) is 4.80. The Morgan fingerprint density at radius 2 is 1.43 bits per heavy atom. The minimum Gasteiger partial charge on any atom is -1.00 e. The van der Waals surface area contributed by atoms with E-state index in [4.69, 9.17) is 15.2 Å². The topological polar surface area (TPSA) is 67.8 Å². The Hall–Kier alpha value is -2.45. The second-order valence-electron chi connectivity index (χ2n) is 6.99. The molecule has 0 fully saturated rings. The number of halogens is 1. The molecule has 0 radical (unpaired) electrons. The van der Waals surface area contributed by atoms with Crippen LogP contribution in [0.25, 0.3) is 12.2 Å². The molecule has 0 spiro atoms. The minimum absolute atomic E-state index is 0. The Morgan fingerprint density at radius 3 is 1.97 bits per heavy atom. The molecular weight excluding hydrogens is 443 g/mol. The zero-order chi connectivity index (χ0) is 20.6. The van der Waals surface area contributed by atoms with Gasteiger partial charge in [0.2, 0.25) is 0 Å². The van der Waals surface area contributed by atoms with Gasteiger partial charge in [0.15, 0.2) is 18.9 Å². The molecule has 0 saturated heterocycles. The second kappa shape index (κ2) is 11.7. The van der Waals surface area contributed by atoms with Gasteiger partial charge in [0, 0.05) is 37.0 Å². The standard InChI is InChI=1S/C23H26BN2O3.BrH/c1-25(16-17-27)23-10-6-19(7-11-23)2-3-20-12-14-26(15-13-20)18-21-4-8-22(9-5-21)24(28)29;/h2-15,27-29H,16-18H2,1H3;1H/q+1;/p-1. The second-order valence-corrected chi connectivity index (χ2v) is 6.99. The first-order chi connectivity index (χ1) is 14.0. The molecule has 7 heteroatoms. The molecule has 0 saturated carbocycles. The molecular formula is C23H26BBrN2O3. The number of benzene rings is 2. The van der Waals surface area contributed by atoms with Crippen molar-refractivity contribution in [3.63, 3.8) is 0 Å². The van der Waals surface area contributed by atoms with E-state index in [0.717, 1.165) is 22.4 Å². The summed E-state index contributed by atoms with van der Waals surface area (Å²) >= 11 is 0. The molecule has 0 bridgehead atoms. The van der Waals surface area contributed by atoms with Gasteiger partial charge in [-0.05, 0) is 28.7 Å². The summed E-state index contributed by atoms with van der Waals surface area (Å²) in [5.74, 6) is 0. The van der Waals surface area contributed by atoms with Crippen LogP contribution in [0.4, 0.5) is 5.69 Å².